The molecule has 1 fully saturated rings. The van der Waals surface area contributed by atoms with E-state index in [4.69, 9.17) is 9.47 Å². The van der Waals surface area contributed by atoms with E-state index in [0.717, 1.165) is 25.7 Å². The molecule has 3 rings (SSSR count). The van der Waals surface area contributed by atoms with E-state index in [1.807, 2.05) is 20.8 Å². The molecule has 0 aromatic carbocycles. The molecule has 0 radical (unpaired) electrons. The van der Waals surface area contributed by atoms with Crippen LogP contribution in [0.4, 0.5) is 0 Å². The van der Waals surface area contributed by atoms with Crippen LogP contribution in [0.15, 0.2) is 23.8 Å². The average molecular weight is 419 g/mol. The number of ether oxygens (including phenoxy) is 2. The van der Waals surface area contributed by atoms with Crippen LogP contribution in [-0.2, 0) is 19.1 Å². The molecule has 1 N–H and O–H groups in total. The monoisotopic (exact) mass is 418 g/mol. The van der Waals surface area contributed by atoms with Gasteiger partial charge in [-0.1, -0.05) is 39.0 Å². The summed E-state index contributed by atoms with van der Waals surface area (Å²) >= 11 is 0. The van der Waals surface area contributed by atoms with Crippen molar-refractivity contribution in [1.29, 1.82) is 0 Å². The summed E-state index contributed by atoms with van der Waals surface area (Å²) in [6, 6.07) is 0. The van der Waals surface area contributed by atoms with Crippen molar-refractivity contribution in [3.8, 4) is 0 Å². The number of hydrogen-bond donors (Lipinski definition) is 1. The molecule has 30 heavy (non-hydrogen) atoms. The highest BCUT2D eigenvalue weighted by Gasteiger charge is 2.43. The molecule has 1 aliphatic heterocycles. The minimum atomic E-state index is -0.601. The molecule has 5 heteroatoms. The third-order valence-electron chi connectivity index (χ3n) is 7.35. The van der Waals surface area contributed by atoms with Crippen LogP contribution in [0, 0.1) is 29.1 Å². The highest BCUT2D eigenvalue weighted by atomic mass is 16.6. The molecular weight excluding hydrogens is 380 g/mol. The molecular formula is C25H38O5. The summed E-state index contributed by atoms with van der Waals surface area (Å²) in [5, 5.41) is 9.92. The van der Waals surface area contributed by atoms with E-state index >= 15 is 0 Å². The van der Waals surface area contributed by atoms with E-state index in [-0.39, 0.29) is 36.5 Å². The maximum Gasteiger partial charge on any atom is 0.311 e. The smallest absolute Gasteiger partial charge is 0.311 e. The molecule has 0 aromatic rings. The van der Waals surface area contributed by atoms with Gasteiger partial charge in [0.05, 0.1) is 17.9 Å². The zero-order valence-corrected chi connectivity index (χ0v) is 19.1. The first-order chi connectivity index (χ1) is 14.1. The molecule has 5 nitrogen and oxygen atoms in total. The molecule has 3 aliphatic rings. The molecule has 168 valence electrons. The number of aliphatic hydroxyl groups is 1. The zero-order valence-electron chi connectivity index (χ0n) is 19.1. The van der Waals surface area contributed by atoms with Crippen molar-refractivity contribution >= 4 is 11.9 Å². The number of fused-ring (bicyclic) bond motifs is 1. The van der Waals surface area contributed by atoms with Crippen LogP contribution < -0.4 is 0 Å². The van der Waals surface area contributed by atoms with E-state index in [1.165, 1.54) is 5.57 Å². The van der Waals surface area contributed by atoms with Gasteiger partial charge in [-0.05, 0) is 62.9 Å². The lowest BCUT2D eigenvalue weighted by Gasteiger charge is -2.44. The molecule has 0 aromatic heterocycles. The van der Waals surface area contributed by atoms with Crippen LogP contribution in [0.25, 0.3) is 0 Å². The van der Waals surface area contributed by atoms with Crippen LogP contribution in [-0.4, -0.2) is 35.4 Å². The lowest BCUT2D eigenvalue weighted by molar-refractivity contribution is -0.166. The maximum atomic E-state index is 12.9. The van der Waals surface area contributed by atoms with E-state index < -0.39 is 11.5 Å². The Labute approximate surface area is 180 Å². The summed E-state index contributed by atoms with van der Waals surface area (Å²) in [5.74, 6) is 0.776. The van der Waals surface area contributed by atoms with E-state index in [0.29, 0.717) is 24.2 Å². The molecule has 0 bridgehead atoms. The quantitative estimate of drug-likeness (QED) is 0.639. The van der Waals surface area contributed by atoms with Gasteiger partial charge in [0.2, 0.25) is 0 Å². The molecule has 0 saturated carbocycles. The first-order valence-electron chi connectivity index (χ1n) is 11.6. The van der Waals surface area contributed by atoms with Gasteiger partial charge in [-0.3, -0.25) is 9.59 Å². The third kappa shape index (κ3) is 5.16. The van der Waals surface area contributed by atoms with Crippen LogP contribution in [0.3, 0.4) is 0 Å². The van der Waals surface area contributed by atoms with Gasteiger partial charge in [-0.25, -0.2) is 0 Å². The van der Waals surface area contributed by atoms with Gasteiger partial charge in [0.1, 0.15) is 12.2 Å². The lowest BCUT2D eigenvalue weighted by Crippen LogP contribution is -2.43. The van der Waals surface area contributed by atoms with Gasteiger partial charge in [-0.15, -0.1) is 0 Å². The van der Waals surface area contributed by atoms with Crippen LogP contribution in [0.5, 0.6) is 0 Å². The number of carbonyl (C=O) groups is 2. The predicted molar refractivity (Wildman–Crippen MR) is 115 cm³/mol. The Hall–Kier alpha value is -1.62. The van der Waals surface area contributed by atoms with Crippen molar-refractivity contribution in [2.75, 3.05) is 0 Å². The minimum absolute atomic E-state index is 0.0949. The Kier molecular flexibility index (Phi) is 7.11. The Morgan fingerprint density at radius 1 is 1.27 bits per heavy atom. The van der Waals surface area contributed by atoms with Gasteiger partial charge in [-0.2, -0.15) is 0 Å². The largest absolute Gasteiger partial charge is 0.462 e. The van der Waals surface area contributed by atoms with Crippen LogP contribution in [0.1, 0.15) is 73.1 Å². The van der Waals surface area contributed by atoms with Gasteiger partial charge < -0.3 is 14.6 Å². The minimum Gasteiger partial charge on any atom is -0.462 e. The zero-order chi connectivity index (χ0) is 22.1. The third-order valence-corrected chi connectivity index (χ3v) is 7.35. The Morgan fingerprint density at radius 3 is 2.67 bits per heavy atom. The Balaban J connectivity index is 1.76. The van der Waals surface area contributed by atoms with E-state index in [9.17, 15) is 14.7 Å². The van der Waals surface area contributed by atoms with Gasteiger partial charge in [0.25, 0.3) is 0 Å². The topological polar surface area (TPSA) is 72.8 Å². The van der Waals surface area contributed by atoms with Gasteiger partial charge >= 0.3 is 11.9 Å². The molecule has 0 amide bonds. The molecule has 2 aliphatic carbocycles. The highest BCUT2D eigenvalue weighted by molar-refractivity contribution is 5.76. The second kappa shape index (κ2) is 9.25. The second-order valence-corrected chi connectivity index (χ2v) is 10.3. The number of rotatable bonds is 6. The number of carbonyl (C=O) groups excluding carboxylic acids is 2. The normalized spacial score (nSPS) is 36.5. The molecule has 1 saturated heterocycles. The fourth-order valence-corrected chi connectivity index (χ4v) is 5.08. The number of esters is 2. The van der Waals surface area contributed by atoms with Crippen molar-refractivity contribution in [3.05, 3.63) is 23.8 Å². The standard InChI is InChI=1S/C25H38O5/c1-6-25(4,5)24(28)30-21-12-15(2)11-17-8-7-16(3)20(23(17)21)10-9-19-13-18(26)14-22(27)29-19/h7-8,11,15-16,18-21,23,26H,6,9-10,12-14H2,1-5H3/t15?,16-,18+,19+,20-,21?,23-/m0/s1. The highest BCUT2D eigenvalue weighted by Crippen LogP contribution is 2.45. The maximum absolute atomic E-state index is 12.9. The number of allylic oxidation sites excluding steroid dienone is 3. The van der Waals surface area contributed by atoms with E-state index in [2.05, 4.69) is 32.1 Å². The molecule has 2 unspecified atom stereocenters. The summed E-state index contributed by atoms with van der Waals surface area (Å²) in [7, 11) is 0. The summed E-state index contributed by atoms with van der Waals surface area (Å²) in [5.41, 5.74) is 0.785. The first kappa shape index (κ1) is 23.1. The van der Waals surface area contributed by atoms with Crippen molar-refractivity contribution in [1.82, 2.24) is 0 Å². The van der Waals surface area contributed by atoms with Crippen LogP contribution in [0.2, 0.25) is 0 Å². The van der Waals surface area contributed by atoms with Gasteiger partial charge in [0.15, 0.2) is 0 Å². The Bertz CT molecular complexity index is 706. The number of cyclic esters (lactones) is 1. The van der Waals surface area contributed by atoms with Crippen molar-refractivity contribution in [2.24, 2.45) is 29.1 Å². The van der Waals surface area contributed by atoms with E-state index in [1.54, 1.807) is 0 Å². The van der Waals surface area contributed by atoms with Crippen molar-refractivity contribution < 1.29 is 24.2 Å². The SMILES string of the molecule is CCC(C)(C)C(=O)OC1CC(C)C=C2C=C[C@H](C)[C@H](CC[C@@H]3C[C@@H](O)CC(=O)O3)[C@H]21. The summed E-state index contributed by atoms with van der Waals surface area (Å²) in [6.07, 6.45) is 9.61. The van der Waals surface area contributed by atoms with Crippen LogP contribution >= 0.6 is 0 Å². The average Bonchev–Trinajstić information content (AvgIpc) is 2.66. The summed E-state index contributed by atoms with van der Waals surface area (Å²) in [6.45, 7) is 10.3. The van der Waals surface area contributed by atoms with Crippen molar-refractivity contribution in [3.63, 3.8) is 0 Å². The van der Waals surface area contributed by atoms with Crippen molar-refractivity contribution in [2.45, 2.75) is 91.5 Å². The summed E-state index contributed by atoms with van der Waals surface area (Å²) in [4.78, 5) is 24.6. The Morgan fingerprint density at radius 2 is 2.00 bits per heavy atom. The predicted octanol–water partition coefficient (Wildman–Crippen LogP) is 4.59. The second-order valence-electron chi connectivity index (χ2n) is 10.3. The lowest BCUT2D eigenvalue weighted by atomic mass is 9.65. The summed E-state index contributed by atoms with van der Waals surface area (Å²) < 4.78 is 11.6. The number of hydrogen-bond acceptors (Lipinski definition) is 5. The fraction of sp³-hybridized carbons (Fsp3) is 0.760. The number of aliphatic hydroxyl groups excluding tert-OH is 1. The molecule has 7 atom stereocenters. The first-order valence-corrected chi connectivity index (χ1v) is 11.6. The van der Waals surface area contributed by atoms with Gasteiger partial charge in [0, 0.05) is 12.3 Å². The molecule has 0 spiro atoms. The fourth-order valence-electron chi connectivity index (χ4n) is 5.08. The molecule has 1 heterocycles.